The van der Waals surface area contributed by atoms with Crippen LogP contribution < -0.4 is 15.2 Å². The third-order valence-electron chi connectivity index (χ3n) is 2.56. The van der Waals surface area contributed by atoms with Crippen LogP contribution in [-0.2, 0) is 0 Å². The van der Waals surface area contributed by atoms with Crippen molar-refractivity contribution >= 4 is 6.01 Å². The monoisotopic (exact) mass is 234 g/mol. The number of rotatable bonds is 3. The highest BCUT2D eigenvalue weighted by Crippen LogP contribution is 2.34. The maximum absolute atomic E-state index is 5.45. The molecule has 0 fully saturated rings. The number of nitrogen functional groups attached to an aromatic ring is 1. The highest BCUT2D eigenvalue weighted by Gasteiger charge is 2.12. The third kappa shape index (κ3) is 2.04. The Hall–Kier alpha value is -2.17. The minimum Gasteiger partial charge on any atom is -0.496 e. The lowest BCUT2D eigenvalue weighted by molar-refractivity contribution is 0.389. The maximum atomic E-state index is 5.45. The summed E-state index contributed by atoms with van der Waals surface area (Å²) in [6.07, 6.45) is 1.57. The second kappa shape index (κ2) is 4.37. The Morgan fingerprint density at radius 2 is 1.76 bits per heavy atom. The van der Waals surface area contributed by atoms with Gasteiger partial charge in [0.2, 0.25) is 0 Å². The predicted octanol–water partition coefficient (Wildman–Crippen LogP) is 2.25. The SMILES string of the molecule is COc1cc(-c2cnc(N)o2)cc(OC)c1C. The Bertz CT molecular complexity index is 509. The Balaban J connectivity index is 2.55. The number of hydrogen-bond donors (Lipinski definition) is 1. The molecule has 0 aliphatic carbocycles. The average molecular weight is 234 g/mol. The van der Waals surface area contributed by atoms with Gasteiger partial charge in [0.15, 0.2) is 5.76 Å². The summed E-state index contributed by atoms with van der Waals surface area (Å²) in [6, 6.07) is 3.86. The van der Waals surface area contributed by atoms with Crippen molar-refractivity contribution in [1.82, 2.24) is 4.98 Å². The molecule has 1 heterocycles. The number of anilines is 1. The molecule has 0 aliphatic heterocycles. The zero-order chi connectivity index (χ0) is 12.4. The molecular weight excluding hydrogens is 220 g/mol. The van der Waals surface area contributed by atoms with Gasteiger partial charge in [0.1, 0.15) is 11.5 Å². The van der Waals surface area contributed by atoms with Crippen molar-refractivity contribution < 1.29 is 13.9 Å². The lowest BCUT2D eigenvalue weighted by Gasteiger charge is -2.11. The summed E-state index contributed by atoms with van der Waals surface area (Å²) in [5.41, 5.74) is 7.20. The molecule has 0 saturated carbocycles. The molecule has 0 bridgehead atoms. The van der Waals surface area contributed by atoms with Crippen molar-refractivity contribution in [3.05, 3.63) is 23.9 Å². The number of ether oxygens (including phenoxy) is 2. The van der Waals surface area contributed by atoms with Crippen LogP contribution in [0.25, 0.3) is 11.3 Å². The summed E-state index contributed by atoms with van der Waals surface area (Å²) in [5.74, 6) is 2.04. The van der Waals surface area contributed by atoms with E-state index in [1.807, 2.05) is 19.1 Å². The van der Waals surface area contributed by atoms with Crippen LogP contribution >= 0.6 is 0 Å². The summed E-state index contributed by atoms with van der Waals surface area (Å²) in [4.78, 5) is 3.86. The van der Waals surface area contributed by atoms with Gasteiger partial charge in [-0.2, -0.15) is 0 Å². The molecule has 0 aliphatic rings. The minimum atomic E-state index is 0.138. The fraction of sp³-hybridized carbons (Fsp3) is 0.250. The molecule has 90 valence electrons. The Morgan fingerprint density at radius 3 is 2.18 bits per heavy atom. The van der Waals surface area contributed by atoms with Gasteiger partial charge in [-0.1, -0.05) is 0 Å². The molecule has 2 N–H and O–H groups in total. The van der Waals surface area contributed by atoms with E-state index in [9.17, 15) is 0 Å². The van der Waals surface area contributed by atoms with Gasteiger partial charge in [0.05, 0.1) is 20.4 Å². The van der Waals surface area contributed by atoms with Gasteiger partial charge in [-0.25, -0.2) is 4.98 Å². The van der Waals surface area contributed by atoms with Gasteiger partial charge in [-0.05, 0) is 19.1 Å². The van der Waals surface area contributed by atoms with E-state index >= 15 is 0 Å². The Kier molecular flexibility index (Phi) is 2.91. The van der Waals surface area contributed by atoms with Crippen LogP contribution in [0.1, 0.15) is 5.56 Å². The highest BCUT2D eigenvalue weighted by atomic mass is 16.5. The van der Waals surface area contributed by atoms with Crippen LogP contribution in [0.2, 0.25) is 0 Å². The normalized spacial score (nSPS) is 10.3. The Labute approximate surface area is 99.2 Å². The Morgan fingerprint density at radius 1 is 1.18 bits per heavy atom. The fourth-order valence-electron chi connectivity index (χ4n) is 1.65. The molecule has 2 aromatic rings. The van der Waals surface area contributed by atoms with Gasteiger partial charge >= 0.3 is 0 Å². The van der Waals surface area contributed by atoms with Crippen LogP contribution in [0, 0.1) is 6.92 Å². The summed E-state index contributed by atoms with van der Waals surface area (Å²) < 4.78 is 15.8. The number of oxazole rings is 1. The van der Waals surface area contributed by atoms with E-state index in [0.29, 0.717) is 5.76 Å². The molecule has 17 heavy (non-hydrogen) atoms. The number of methoxy groups -OCH3 is 2. The number of nitrogens with zero attached hydrogens (tertiary/aromatic N) is 1. The average Bonchev–Trinajstić information content (AvgIpc) is 2.76. The minimum absolute atomic E-state index is 0.138. The maximum Gasteiger partial charge on any atom is 0.292 e. The van der Waals surface area contributed by atoms with Gasteiger partial charge < -0.3 is 19.6 Å². The summed E-state index contributed by atoms with van der Waals surface area (Å²) in [6.45, 7) is 1.93. The standard InChI is InChI=1S/C12H14N2O3/c1-7-9(15-2)4-8(5-10(7)16-3)11-6-14-12(13)17-11/h4-6H,1-3H3,(H2,13,14). The number of aromatic nitrogens is 1. The van der Waals surface area contributed by atoms with Crippen LogP contribution in [0.15, 0.2) is 22.7 Å². The van der Waals surface area contributed by atoms with Crippen molar-refractivity contribution in [1.29, 1.82) is 0 Å². The largest absolute Gasteiger partial charge is 0.496 e. The number of benzene rings is 1. The summed E-state index contributed by atoms with van der Waals surface area (Å²) in [7, 11) is 3.22. The molecule has 5 heteroatoms. The lowest BCUT2D eigenvalue weighted by atomic mass is 10.1. The fourth-order valence-corrected chi connectivity index (χ4v) is 1.65. The van der Waals surface area contributed by atoms with E-state index in [1.165, 1.54) is 0 Å². The molecule has 0 amide bonds. The predicted molar refractivity (Wildman–Crippen MR) is 64.2 cm³/mol. The zero-order valence-electron chi connectivity index (χ0n) is 9.98. The first-order chi connectivity index (χ1) is 8.15. The number of nitrogens with two attached hydrogens (primary N) is 1. The molecular formula is C12H14N2O3. The molecule has 2 rings (SSSR count). The van der Waals surface area contributed by atoms with Crippen molar-refractivity contribution in [2.75, 3.05) is 20.0 Å². The first-order valence-corrected chi connectivity index (χ1v) is 5.10. The second-order valence-electron chi connectivity index (χ2n) is 3.57. The highest BCUT2D eigenvalue weighted by molar-refractivity contribution is 5.65. The molecule has 5 nitrogen and oxygen atoms in total. The van der Waals surface area contributed by atoms with E-state index in [1.54, 1.807) is 20.4 Å². The van der Waals surface area contributed by atoms with Crippen LogP contribution in [0.3, 0.4) is 0 Å². The number of hydrogen-bond acceptors (Lipinski definition) is 5. The lowest BCUT2D eigenvalue weighted by Crippen LogP contribution is -1.93. The molecule has 0 atom stereocenters. The third-order valence-corrected chi connectivity index (χ3v) is 2.56. The van der Waals surface area contributed by atoms with Gasteiger partial charge in [-0.3, -0.25) is 0 Å². The summed E-state index contributed by atoms with van der Waals surface area (Å²) >= 11 is 0. The van der Waals surface area contributed by atoms with Crippen LogP contribution in [0.4, 0.5) is 6.01 Å². The molecule has 0 saturated heterocycles. The smallest absolute Gasteiger partial charge is 0.292 e. The zero-order valence-corrected chi connectivity index (χ0v) is 9.98. The van der Waals surface area contributed by atoms with E-state index in [0.717, 1.165) is 22.6 Å². The molecule has 0 radical (unpaired) electrons. The van der Waals surface area contributed by atoms with E-state index in [2.05, 4.69) is 4.98 Å². The van der Waals surface area contributed by atoms with Gasteiger partial charge in [0.25, 0.3) is 6.01 Å². The van der Waals surface area contributed by atoms with Crippen molar-refractivity contribution in [2.24, 2.45) is 0 Å². The van der Waals surface area contributed by atoms with Gasteiger partial charge in [-0.15, -0.1) is 0 Å². The summed E-state index contributed by atoms with van der Waals surface area (Å²) in [5, 5.41) is 0. The van der Waals surface area contributed by atoms with E-state index < -0.39 is 0 Å². The van der Waals surface area contributed by atoms with Crippen molar-refractivity contribution in [3.8, 4) is 22.8 Å². The van der Waals surface area contributed by atoms with Crippen LogP contribution in [-0.4, -0.2) is 19.2 Å². The van der Waals surface area contributed by atoms with Crippen molar-refractivity contribution in [3.63, 3.8) is 0 Å². The quantitative estimate of drug-likeness (QED) is 0.881. The molecule has 1 aromatic carbocycles. The first kappa shape index (κ1) is 11.3. The van der Waals surface area contributed by atoms with E-state index in [4.69, 9.17) is 19.6 Å². The molecule has 0 spiro atoms. The van der Waals surface area contributed by atoms with Crippen molar-refractivity contribution in [2.45, 2.75) is 6.92 Å². The second-order valence-corrected chi connectivity index (χ2v) is 3.57. The topological polar surface area (TPSA) is 70.5 Å². The first-order valence-electron chi connectivity index (χ1n) is 5.10. The van der Waals surface area contributed by atoms with Gasteiger partial charge in [0, 0.05) is 11.1 Å². The molecule has 0 unspecified atom stereocenters. The molecule has 1 aromatic heterocycles. The van der Waals surface area contributed by atoms with E-state index in [-0.39, 0.29) is 6.01 Å². The van der Waals surface area contributed by atoms with Crippen LogP contribution in [0.5, 0.6) is 11.5 Å².